The summed E-state index contributed by atoms with van der Waals surface area (Å²) >= 11 is 6.70. The van der Waals surface area contributed by atoms with Crippen molar-refractivity contribution in [1.29, 1.82) is 0 Å². The van der Waals surface area contributed by atoms with Crippen molar-refractivity contribution in [3.05, 3.63) is 58.3 Å². The van der Waals surface area contributed by atoms with Crippen LogP contribution in [0.1, 0.15) is 66.5 Å². The lowest BCUT2D eigenvalue weighted by atomic mass is 9.97. The van der Waals surface area contributed by atoms with Gasteiger partial charge in [0.05, 0.1) is 12.3 Å². The van der Waals surface area contributed by atoms with Gasteiger partial charge >= 0.3 is 0 Å². The summed E-state index contributed by atoms with van der Waals surface area (Å²) in [6.45, 7) is 5.47. The van der Waals surface area contributed by atoms with Gasteiger partial charge in [-0.3, -0.25) is 9.20 Å². The first-order valence-electron chi connectivity index (χ1n) is 12.1. The average molecular weight is 467 g/mol. The van der Waals surface area contributed by atoms with Crippen molar-refractivity contribution < 1.29 is 9.53 Å². The van der Waals surface area contributed by atoms with Crippen LogP contribution in [0, 0.1) is 12.8 Å². The van der Waals surface area contributed by atoms with Crippen LogP contribution in [0.15, 0.2) is 30.5 Å². The molecule has 2 aliphatic rings. The van der Waals surface area contributed by atoms with E-state index in [9.17, 15) is 4.79 Å². The van der Waals surface area contributed by atoms with Crippen molar-refractivity contribution in [2.75, 3.05) is 13.2 Å². The van der Waals surface area contributed by atoms with E-state index in [4.69, 9.17) is 26.3 Å². The van der Waals surface area contributed by atoms with E-state index in [1.165, 1.54) is 12.8 Å². The molecule has 0 spiro atoms. The number of aromatic nitrogens is 3. The van der Waals surface area contributed by atoms with Crippen LogP contribution in [-0.4, -0.2) is 44.4 Å². The maximum Gasteiger partial charge on any atom is 0.276 e. The summed E-state index contributed by atoms with van der Waals surface area (Å²) in [5, 5.41) is 0.631. The molecule has 7 heteroatoms. The molecule has 1 saturated heterocycles. The van der Waals surface area contributed by atoms with Gasteiger partial charge in [0.15, 0.2) is 11.4 Å². The molecule has 1 aliphatic heterocycles. The molecule has 1 atom stereocenters. The van der Waals surface area contributed by atoms with Gasteiger partial charge in [0.1, 0.15) is 10.8 Å². The molecule has 0 aromatic carbocycles. The minimum absolute atomic E-state index is 0.0392. The Labute approximate surface area is 199 Å². The summed E-state index contributed by atoms with van der Waals surface area (Å²) in [6.07, 6.45) is 8.78. The number of hydrogen-bond donors (Lipinski definition) is 0. The van der Waals surface area contributed by atoms with Crippen LogP contribution in [0.25, 0.3) is 5.65 Å². The van der Waals surface area contributed by atoms with Crippen LogP contribution < -0.4 is 4.74 Å². The summed E-state index contributed by atoms with van der Waals surface area (Å²) in [6, 6.07) is 7.94. The molecule has 3 aromatic rings. The highest BCUT2D eigenvalue weighted by molar-refractivity contribution is 6.30. The van der Waals surface area contributed by atoms with E-state index in [1.54, 1.807) is 0 Å². The second-order valence-corrected chi connectivity index (χ2v) is 9.70. The Balaban J connectivity index is 1.42. The Morgan fingerprint density at radius 1 is 1.18 bits per heavy atom. The molecule has 0 N–H and O–H groups in total. The van der Waals surface area contributed by atoms with E-state index in [0.29, 0.717) is 42.1 Å². The zero-order chi connectivity index (χ0) is 22.9. The number of likely N-dealkylation sites (tertiary alicyclic amines) is 1. The number of rotatable bonds is 7. The van der Waals surface area contributed by atoms with E-state index < -0.39 is 0 Å². The molecule has 0 radical (unpaired) electrons. The Kier molecular flexibility index (Phi) is 6.28. The highest BCUT2D eigenvalue weighted by Gasteiger charge is 2.32. The maximum atomic E-state index is 13.8. The van der Waals surface area contributed by atoms with Gasteiger partial charge in [-0.1, -0.05) is 24.6 Å². The second kappa shape index (κ2) is 9.34. The van der Waals surface area contributed by atoms with E-state index in [1.807, 2.05) is 46.7 Å². The molecule has 2 fully saturated rings. The van der Waals surface area contributed by atoms with Gasteiger partial charge in [-0.25, -0.2) is 9.97 Å². The molecule has 0 bridgehead atoms. The van der Waals surface area contributed by atoms with Crippen LogP contribution in [0.5, 0.6) is 5.75 Å². The summed E-state index contributed by atoms with van der Waals surface area (Å²) in [7, 11) is 0. The van der Waals surface area contributed by atoms with Crippen molar-refractivity contribution in [2.24, 2.45) is 5.92 Å². The topological polar surface area (TPSA) is 59.7 Å². The lowest BCUT2D eigenvalue weighted by molar-refractivity contribution is 0.0601. The second-order valence-electron chi connectivity index (χ2n) is 9.34. The molecular weight excluding hydrogens is 436 g/mol. The predicted octanol–water partition coefficient (Wildman–Crippen LogP) is 5.28. The summed E-state index contributed by atoms with van der Waals surface area (Å²) in [5.41, 5.74) is 4.15. The van der Waals surface area contributed by atoms with Crippen molar-refractivity contribution in [1.82, 2.24) is 19.3 Å². The molecule has 1 saturated carbocycles. The molecule has 1 aliphatic carbocycles. The van der Waals surface area contributed by atoms with Gasteiger partial charge in [0.2, 0.25) is 0 Å². The standard InChI is InChI=1S/C26H31ClN4O2/c1-3-19-11-12-22(33-16-18-9-10-18)23(28-19)26(32)30-13-5-4-8-20(30)15-21-24(27)31-14-6-7-17(2)25(31)29-21/h6-7,11-12,14,18,20H,3-5,8-10,13,15-16H2,1-2H3. The van der Waals surface area contributed by atoms with Gasteiger partial charge in [0.25, 0.3) is 5.91 Å². The van der Waals surface area contributed by atoms with E-state index in [0.717, 1.165) is 48.3 Å². The molecule has 4 heterocycles. The fourth-order valence-corrected chi connectivity index (χ4v) is 4.89. The smallest absolute Gasteiger partial charge is 0.276 e. The van der Waals surface area contributed by atoms with Crippen molar-refractivity contribution in [3.63, 3.8) is 0 Å². The monoisotopic (exact) mass is 466 g/mol. The zero-order valence-electron chi connectivity index (χ0n) is 19.4. The quantitative estimate of drug-likeness (QED) is 0.475. The Hall–Kier alpha value is -2.60. The number of piperidine rings is 1. The third-order valence-corrected chi connectivity index (χ3v) is 7.22. The number of amides is 1. The third-order valence-electron chi connectivity index (χ3n) is 6.82. The number of pyridine rings is 2. The average Bonchev–Trinajstić information content (AvgIpc) is 3.62. The van der Waals surface area contributed by atoms with Gasteiger partial charge < -0.3 is 9.64 Å². The van der Waals surface area contributed by atoms with E-state index in [2.05, 4.69) is 6.92 Å². The van der Waals surface area contributed by atoms with Gasteiger partial charge in [-0.05, 0) is 75.1 Å². The summed E-state index contributed by atoms with van der Waals surface area (Å²) < 4.78 is 7.98. The normalized spacial score (nSPS) is 18.6. The van der Waals surface area contributed by atoms with Gasteiger partial charge in [-0.2, -0.15) is 0 Å². The predicted molar refractivity (Wildman–Crippen MR) is 129 cm³/mol. The Bertz CT molecular complexity index is 1170. The minimum Gasteiger partial charge on any atom is -0.491 e. The largest absolute Gasteiger partial charge is 0.491 e. The number of hydrogen-bond acceptors (Lipinski definition) is 4. The van der Waals surface area contributed by atoms with Crippen LogP contribution in [0.4, 0.5) is 0 Å². The fourth-order valence-electron chi connectivity index (χ4n) is 4.64. The first-order chi connectivity index (χ1) is 16.0. The van der Waals surface area contributed by atoms with E-state index >= 15 is 0 Å². The molecule has 6 nitrogen and oxygen atoms in total. The van der Waals surface area contributed by atoms with Crippen LogP contribution >= 0.6 is 11.6 Å². The van der Waals surface area contributed by atoms with Crippen molar-refractivity contribution in [3.8, 4) is 5.75 Å². The number of ether oxygens (including phenoxy) is 1. The Morgan fingerprint density at radius 2 is 2.03 bits per heavy atom. The first kappa shape index (κ1) is 22.2. The lowest BCUT2D eigenvalue weighted by Crippen LogP contribution is -2.45. The number of carbonyl (C=O) groups excluding carboxylic acids is 1. The molecule has 3 aromatic heterocycles. The number of aryl methyl sites for hydroxylation is 2. The van der Waals surface area contributed by atoms with Gasteiger partial charge in [-0.15, -0.1) is 0 Å². The maximum absolute atomic E-state index is 13.8. The molecule has 1 unspecified atom stereocenters. The number of imidazole rings is 1. The van der Waals surface area contributed by atoms with Gasteiger partial charge in [0, 0.05) is 30.9 Å². The summed E-state index contributed by atoms with van der Waals surface area (Å²) in [5.74, 6) is 1.17. The molecule has 5 rings (SSSR count). The molecular formula is C26H31ClN4O2. The SMILES string of the molecule is CCc1ccc(OCC2CC2)c(C(=O)N2CCCCC2Cc2nc3c(C)cccn3c2Cl)n1. The number of nitrogens with zero attached hydrogens (tertiary/aromatic N) is 4. The Morgan fingerprint density at radius 3 is 2.79 bits per heavy atom. The fraction of sp³-hybridized carbons (Fsp3) is 0.500. The van der Waals surface area contributed by atoms with Crippen LogP contribution in [-0.2, 0) is 12.8 Å². The zero-order valence-corrected chi connectivity index (χ0v) is 20.1. The van der Waals surface area contributed by atoms with Crippen molar-refractivity contribution >= 4 is 23.2 Å². The highest BCUT2D eigenvalue weighted by atomic mass is 35.5. The number of fused-ring (bicyclic) bond motifs is 1. The molecule has 174 valence electrons. The van der Waals surface area contributed by atoms with Crippen LogP contribution in [0.3, 0.4) is 0 Å². The lowest BCUT2D eigenvalue weighted by Gasteiger charge is -2.35. The molecule has 33 heavy (non-hydrogen) atoms. The number of halogens is 1. The first-order valence-corrected chi connectivity index (χ1v) is 12.5. The number of carbonyl (C=O) groups is 1. The van der Waals surface area contributed by atoms with Crippen LogP contribution in [0.2, 0.25) is 5.15 Å². The molecule has 1 amide bonds. The summed E-state index contributed by atoms with van der Waals surface area (Å²) in [4.78, 5) is 25.3. The van der Waals surface area contributed by atoms with E-state index in [-0.39, 0.29) is 11.9 Å². The van der Waals surface area contributed by atoms with Crippen molar-refractivity contribution in [2.45, 2.75) is 64.8 Å². The highest BCUT2D eigenvalue weighted by Crippen LogP contribution is 2.32. The third kappa shape index (κ3) is 4.58. The minimum atomic E-state index is -0.0446.